The fraction of sp³-hybridized carbons (Fsp3) is 0.200. The maximum atomic E-state index is 13.1. The summed E-state index contributed by atoms with van der Waals surface area (Å²) in [5, 5.41) is 10.1. The molecule has 0 aliphatic heterocycles. The van der Waals surface area contributed by atoms with E-state index in [1.807, 2.05) is 0 Å². The topological polar surface area (TPSA) is 29.5 Å². The summed E-state index contributed by atoms with van der Waals surface area (Å²) in [6, 6.07) is 8.43. The fourth-order valence-electron chi connectivity index (χ4n) is 1.77. The molecule has 0 amide bonds. The van der Waals surface area contributed by atoms with Gasteiger partial charge >= 0.3 is 0 Å². The molecule has 0 heterocycles. The molecule has 0 fully saturated rings. The largest absolute Gasteiger partial charge is 0.489 e. The molecule has 0 aromatic heterocycles. The molecule has 106 valence electrons. The van der Waals surface area contributed by atoms with Crippen molar-refractivity contribution < 1.29 is 18.6 Å². The Kier molecular flexibility index (Phi) is 4.57. The van der Waals surface area contributed by atoms with Crippen molar-refractivity contribution >= 4 is 11.6 Å². The van der Waals surface area contributed by atoms with Crippen LogP contribution < -0.4 is 4.74 Å². The van der Waals surface area contributed by atoms with Crippen molar-refractivity contribution in [1.82, 2.24) is 0 Å². The summed E-state index contributed by atoms with van der Waals surface area (Å²) >= 11 is 5.86. The fourth-order valence-corrected chi connectivity index (χ4v) is 1.95. The van der Waals surface area contributed by atoms with E-state index in [1.165, 1.54) is 6.07 Å². The molecule has 2 rings (SSSR count). The smallest absolute Gasteiger partial charge is 0.159 e. The molecular weight excluding hydrogens is 286 g/mol. The van der Waals surface area contributed by atoms with Gasteiger partial charge in [-0.1, -0.05) is 17.7 Å². The van der Waals surface area contributed by atoms with Crippen molar-refractivity contribution in [2.45, 2.75) is 19.6 Å². The molecule has 0 aliphatic rings. The Labute approximate surface area is 120 Å². The average molecular weight is 299 g/mol. The van der Waals surface area contributed by atoms with Gasteiger partial charge in [-0.3, -0.25) is 0 Å². The van der Waals surface area contributed by atoms with Crippen LogP contribution >= 0.6 is 11.6 Å². The van der Waals surface area contributed by atoms with E-state index in [2.05, 4.69) is 0 Å². The first-order chi connectivity index (χ1) is 9.47. The third-order valence-electron chi connectivity index (χ3n) is 2.80. The second kappa shape index (κ2) is 6.20. The van der Waals surface area contributed by atoms with E-state index < -0.39 is 17.7 Å². The summed E-state index contributed by atoms with van der Waals surface area (Å²) in [6.45, 7) is 1.66. The van der Waals surface area contributed by atoms with E-state index in [1.54, 1.807) is 25.1 Å². The van der Waals surface area contributed by atoms with E-state index in [0.29, 0.717) is 21.9 Å². The van der Waals surface area contributed by atoms with E-state index in [0.717, 1.165) is 12.1 Å². The third-order valence-corrected chi connectivity index (χ3v) is 3.04. The van der Waals surface area contributed by atoms with Crippen molar-refractivity contribution in [3.63, 3.8) is 0 Å². The van der Waals surface area contributed by atoms with Crippen molar-refractivity contribution in [2.24, 2.45) is 0 Å². The highest BCUT2D eigenvalue weighted by molar-refractivity contribution is 6.30. The number of benzene rings is 2. The first-order valence-electron chi connectivity index (χ1n) is 6.01. The maximum Gasteiger partial charge on any atom is 0.159 e. The maximum absolute atomic E-state index is 13.1. The van der Waals surface area contributed by atoms with Crippen molar-refractivity contribution in [1.29, 1.82) is 0 Å². The van der Waals surface area contributed by atoms with Gasteiger partial charge in [-0.2, -0.15) is 0 Å². The number of hydrogen-bond donors (Lipinski definition) is 1. The van der Waals surface area contributed by atoms with Crippen LogP contribution in [0.4, 0.5) is 8.78 Å². The zero-order valence-electron chi connectivity index (χ0n) is 10.7. The molecule has 20 heavy (non-hydrogen) atoms. The van der Waals surface area contributed by atoms with E-state index in [9.17, 15) is 13.9 Å². The molecule has 0 radical (unpaired) electrons. The van der Waals surface area contributed by atoms with Crippen molar-refractivity contribution in [3.05, 3.63) is 64.2 Å². The lowest BCUT2D eigenvalue weighted by Gasteiger charge is -2.14. The highest BCUT2D eigenvalue weighted by atomic mass is 35.5. The van der Waals surface area contributed by atoms with Crippen LogP contribution in [0, 0.1) is 11.6 Å². The zero-order valence-corrected chi connectivity index (χ0v) is 11.5. The van der Waals surface area contributed by atoms with Gasteiger partial charge in [0.25, 0.3) is 0 Å². The molecule has 2 nitrogen and oxygen atoms in total. The summed E-state index contributed by atoms with van der Waals surface area (Å²) in [7, 11) is 0. The normalized spacial score (nSPS) is 12.2. The minimum Gasteiger partial charge on any atom is -0.489 e. The van der Waals surface area contributed by atoms with Gasteiger partial charge in [0.2, 0.25) is 0 Å². The monoisotopic (exact) mass is 298 g/mol. The molecule has 2 aromatic carbocycles. The Morgan fingerprint density at radius 1 is 1.15 bits per heavy atom. The van der Waals surface area contributed by atoms with Crippen LogP contribution in [0.5, 0.6) is 5.75 Å². The van der Waals surface area contributed by atoms with Gasteiger partial charge in [-0.15, -0.1) is 0 Å². The second-order valence-electron chi connectivity index (χ2n) is 4.40. The van der Waals surface area contributed by atoms with Crippen LogP contribution in [0.25, 0.3) is 0 Å². The Bertz CT molecular complexity index is 615. The SMILES string of the molecule is CC(O)c1cc(Cl)ccc1OCc1ccc(F)c(F)c1. The lowest BCUT2D eigenvalue weighted by atomic mass is 10.1. The predicted octanol–water partition coefficient (Wildman–Crippen LogP) is 4.25. The van der Waals surface area contributed by atoms with E-state index >= 15 is 0 Å². The Balaban J connectivity index is 2.16. The van der Waals surface area contributed by atoms with Crippen molar-refractivity contribution in [3.8, 4) is 5.75 Å². The average Bonchev–Trinajstić information content (AvgIpc) is 2.41. The molecular formula is C15H13ClF2O2. The number of rotatable bonds is 4. The van der Waals surface area contributed by atoms with Crippen LogP contribution in [0.15, 0.2) is 36.4 Å². The van der Waals surface area contributed by atoms with Crippen LogP contribution in [0.3, 0.4) is 0 Å². The molecule has 1 N–H and O–H groups in total. The minimum absolute atomic E-state index is 0.0680. The molecule has 0 aliphatic carbocycles. The number of aliphatic hydroxyl groups excluding tert-OH is 1. The van der Waals surface area contributed by atoms with Crippen LogP contribution in [0.2, 0.25) is 5.02 Å². The lowest BCUT2D eigenvalue weighted by Crippen LogP contribution is -2.01. The molecule has 0 saturated carbocycles. The lowest BCUT2D eigenvalue weighted by molar-refractivity contribution is 0.190. The summed E-state index contributed by atoms with van der Waals surface area (Å²) in [5.74, 6) is -1.36. The molecule has 0 spiro atoms. The van der Waals surface area contributed by atoms with Gasteiger partial charge in [-0.25, -0.2) is 8.78 Å². The van der Waals surface area contributed by atoms with Gasteiger partial charge in [0, 0.05) is 10.6 Å². The predicted molar refractivity (Wildman–Crippen MR) is 72.8 cm³/mol. The Morgan fingerprint density at radius 2 is 1.90 bits per heavy atom. The van der Waals surface area contributed by atoms with Gasteiger partial charge in [-0.05, 0) is 42.8 Å². The quantitative estimate of drug-likeness (QED) is 0.914. The third kappa shape index (κ3) is 3.46. The molecule has 0 saturated heterocycles. The first-order valence-corrected chi connectivity index (χ1v) is 6.39. The van der Waals surface area contributed by atoms with Gasteiger partial charge in [0.15, 0.2) is 11.6 Å². The summed E-state index contributed by atoms with van der Waals surface area (Å²) < 4.78 is 31.4. The number of ether oxygens (including phenoxy) is 1. The number of halogens is 3. The zero-order chi connectivity index (χ0) is 14.7. The van der Waals surface area contributed by atoms with Crippen LogP contribution in [-0.4, -0.2) is 5.11 Å². The summed E-state index contributed by atoms with van der Waals surface area (Å²) in [5.41, 5.74) is 1.04. The number of aliphatic hydroxyl groups is 1. The van der Waals surface area contributed by atoms with Crippen LogP contribution in [-0.2, 0) is 6.61 Å². The summed E-state index contributed by atoms with van der Waals surface area (Å²) in [6.07, 6.45) is -0.742. The first kappa shape index (κ1) is 14.8. The highest BCUT2D eigenvalue weighted by Crippen LogP contribution is 2.29. The van der Waals surface area contributed by atoms with Gasteiger partial charge in [0.05, 0.1) is 6.10 Å². The van der Waals surface area contributed by atoms with Gasteiger partial charge < -0.3 is 9.84 Å². The van der Waals surface area contributed by atoms with Crippen molar-refractivity contribution in [2.75, 3.05) is 0 Å². The highest BCUT2D eigenvalue weighted by Gasteiger charge is 2.11. The standard InChI is InChI=1S/C15H13ClF2O2/c1-9(19)12-7-11(16)3-5-15(12)20-8-10-2-4-13(17)14(18)6-10/h2-7,9,19H,8H2,1H3. The second-order valence-corrected chi connectivity index (χ2v) is 4.83. The molecule has 1 atom stereocenters. The molecule has 2 aromatic rings. The summed E-state index contributed by atoms with van der Waals surface area (Å²) in [4.78, 5) is 0. The van der Waals surface area contributed by atoms with Gasteiger partial charge in [0.1, 0.15) is 12.4 Å². The molecule has 5 heteroatoms. The Morgan fingerprint density at radius 3 is 2.55 bits per heavy atom. The van der Waals surface area contributed by atoms with Crippen LogP contribution in [0.1, 0.15) is 24.2 Å². The number of hydrogen-bond acceptors (Lipinski definition) is 2. The minimum atomic E-state index is -0.919. The van der Waals surface area contributed by atoms with E-state index in [4.69, 9.17) is 16.3 Å². The Hall–Kier alpha value is -1.65. The molecule has 1 unspecified atom stereocenters. The molecule has 0 bridgehead atoms. The van der Waals surface area contributed by atoms with E-state index in [-0.39, 0.29) is 6.61 Å².